The van der Waals surface area contributed by atoms with Gasteiger partial charge in [-0.05, 0) is 49.4 Å². The van der Waals surface area contributed by atoms with Gasteiger partial charge in [-0.15, -0.1) is 16.9 Å². The van der Waals surface area contributed by atoms with Crippen molar-refractivity contribution in [1.82, 2.24) is 25.6 Å². The third-order valence-electron chi connectivity index (χ3n) is 9.95. The highest BCUT2D eigenvalue weighted by atomic mass is 32.2. The number of halogens is 3. The number of allylic oxidation sites excluding steroid dienone is 1. The van der Waals surface area contributed by atoms with E-state index in [1.807, 2.05) is 19.1 Å². The van der Waals surface area contributed by atoms with Gasteiger partial charge in [0.1, 0.15) is 41.6 Å². The van der Waals surface area contributed by atoms with Crippen LogP contribution in [0.2, 0.25) is 0 Å². The molecule has 3 saturated heterocycles. The van der Waals surface area contributed by atoms with Crippen LogP contribution >= 0.6 is 11.8 Å². The molecule has 17 heteroatoms. The lowest BCUT2D eigenvalue weighted by molar-refractivity contribution is -0.207. The number of ether oxygens (including phenoxy) is 2. The van der Waals surface area contributed by atoms with Gasteiger partial charge in [0.25, 0.3) is 6.47 Å². The lowest BCUT2D eigenvalue weighted by Crippen LogP contribution is -2.65. The number of aliphatic hydroxyl groups is 3. The Labute approximate surface area is 298 Å². The van der Waals surface area contributed by atoms with Crippen LogP contribution in [0, 0.1) is 41.1 Å². The second-order valence-corrected chi connectivity index (χ2v) is 15.3. The summed E-state index contributed by atoms with van der Waals surface area (Å²) in [6, 6.07) is -0.241. The molecule has 3 fully saturated rings. The maximum absolute atomic E-state index is 14.5. The number of carboxylic acid groups (broad SMARTS) is 1. The van der Waals surface area contributed by atoms with E-state index in [0.717, 1.165) is 35.7 Å². The Morgan fingerprint density at radius 3 is 2.59 bits per heavy atom. The van der Waals surface area contributed by atoms with Crippen molar-refractivity contribution in [2.24, 2.45) is 23.7 Å². The van der Waals surface area contributed by atoms with Crippen molar-refractivity contribution in [2.45, 2.75) is 99.7 Å². The summed E-state index contributed by atoms with van der Waals surface area (Å²) >= 11 is 1.11. The number of amides is 1. The topological polar surface area (TPSA) is 188 Å². The Kier molecular flexibility index (Phi) is 13.2. The maximum Gasteiger partial charge on any atom is 0.290 e. The smallest absolute Gasteiger partial charge is 0.290 e. The standard InChI is InChI=1S/C33H44F3N5O6S.CH2O2/c1-15(2)9-17-7-8-46-30-18(10-17)13-37-26(30)32(45)38-25-16(3)5-4-6-24(48-33-29(44)27(42)28(43)31(25)47-33)22-14-41(40-39-22)23-12-20(35)19(34)11-21(23)36;2-1-3/h4-5,11-12,14-18,24-31,33,37,42-44H,6-10,13H2,1-3H3,(H,38,45);1H,(H,2,3)/b5-4-;/t16-,17+,18+,24+,25-,26+,27+,28-,29-,30-,31-,33-;/m1./s1. The van der Waals surface area contributed by atoms with Crippen LogP contribution in [0.4, 0.5) is 13.2 Å². The van der Waals surface area contributed by atoms with Gasteiger partial charge >= 0.3 is 0 Å². The molecule has 0 unspecified atom stereocenters. The molecule has 6 rings (SSSR count). The van der Waals surface area contributed by atoms with E-state index >= 15 is 0 Å². The second kappa shape index (κ2) is 17.2. The number of carbonyl (C=O) groups excluding carboxylic acids is 1. The first-order chi connectivity index (χ1) is 24.3. The first-order valence-electron chi connectivity index (χ1n) is 17.1. The summed E-state index contributed by atoms with van der Waals surface area (Å²) in [6.45, 7) is 7.30. The van der Waals surface area contributed by atoms with Crippen LogP contribution in [0.3, 0.4) is 0 Å². The molecule has 13 nitrogen and oxygen atoms in total. The Hall–Kier alpha value is -3.06. The van der Waals surface area contributed by atoms with E-state index < -0.39 is 64.6 Å². The Balaban J connectivity index is 0.00000162. The van der Waals surface area contributed by atoms with Gasteiger partial charge < -0.3 is 40.5 Å². The first-order valence-corrected chi connectivity index (χ1v) is 18.1. The van der Waals surface area contributed by atoms with Gasteiger partial charge in [-0.3, -0.25) is 9.59 Å². The molecule has 0 radical (unpaired) electrons. The molecule has 1 aromatic carbocycles. The minimum Gasteiger partial charge on any atom is -0.483 e. The minimum absolute atomic E-state index is 0.205. The van der Waals surface area contributed by atoms with Crippen LogP contribution < -0.4 is 10.6 Å². The summed E-state index contributed by atoms with van der Waals surface area (Å²) in [5.41, 5.74) is -1.06. The number of hydrogen-bond acceptors (Lipinski definition) is 11. The fourth-order valence-electron chi connectivity index (χ4n) is 7.50. The summed E-state index contributed by atoms with van der Waals surface area (Å²) in [5, 5.41) is 53.9. The predicted octanol–water partition coefficient (Wildman–Crippen LogP) is 2.48. The zero-order valence-electron chi connectivity index (χ0n) is 28.5. The molecule has 1 amide bonds. The van der Waals surface area contributed by atoms with Crippen molar-refractivity contribution in [3.05, 3.63) is 53.6 Å². The molecule has 0 saturated carbocycles. The van der Waals surface area contributed by atoms with Crippen molar-refractivity contribution < 1.29 is 52.7 Å². The lowest BCUT2D eigenvalue weighted by atomic mass is 9.85. The summed E-state index contributed by atoms with van der Waals surface area (Å²) in [5.74, 6) is -2.93. The number of aliphatic hydroxyl groups excluding tert-OH is 3. The molecule has 12 atom stereocenters. The molecule has 4 aliphatic rings. The monoisotopic (exact) mass is 741 g/mol. The number of rotatable bonds is 6. The Morgan fingerprint density at radius 1 is 1.14 bits per heavy atom. The number of nitrogens with zero attached hydrogens (tertiary/aromatic N) is 3. The van der Waals surface area contributed by atoms with Crippen LogP contribution in [-0.2, 0) is 19.1 Å². The number of thioether (sulfide) groups is 1. The van der Waals surface area contributed by atoms with Crippen LogP contribution in [0.25, 0.3) is 5.69 Å². The molecule has 2 bridgehead atoms. The third kappa shape index (κ3) is 8.95. The van der Waals surface area contributed by atoms with Gasteiger partial charge in [-0.25, -0.2) is 17.9 Å². The predicted molar refractivity (Wildman–Crippen MR) is 179 cm³/mol. The summed E-state index contributed by atoms with van der Waals surface area (Å²) in [4.78, 5) is 22.2. The molecule has 5 heterocycles. The maximum atomic E-state index is 14.5. The molecule has 1 aromatic heterocycles. The Morgan fingerprint density at radius 2 is 1.86 bits per heavy atom. The fourth-order valence-corrected chi connectivity index (χ4v) is 8.80. The van der Waals surface area contributed by atoms with E-state index in [-0.39, 0.29) is 36.0 Å². The molecule has 0 aliphatic carbocycles. The van der Waals surface area contributed by atoms with Crippen molar-refractivity contribution in [2.75, 3.05) is 13.2 Å². The van der Waals surface area contributed by atoms with Gasteiger partial charge in [0.05, 0.1) is 29.3 Å². The average Bonchev–Trinajstić information content (AvgIpc) is 3.68. The van der Waals surface area contributed by atoms with E-state index in [1.54, 1.807) is 0 Å². The quantitative estimate of drug-likeness (QED) is 0.145. The van der Waals surface area contributed by atoms with Gasteiger partial charge in [0, 0.05) is 25.3 Å². The Bertz CT molecular complexity index is 1540. The van der Waals surface area contributed by atoms with Gasteiger partial charge in [0.2, 0.25) is 5.91 Å². The van der Waals surface area contributed by atoms with Crippen molar-refractivity contribution in [3.63, 3.8) is 0 Å². The van der Waals surface area contributed by atoms with Gasteiger partial charge in [0.15, 0.2) is 17.5 Å². The molecule has 2 aromatic rings. The van der Waals surface area contributed by atoms with Crippen molar-refractivity contribution in [3.8, 4) is 5.69 Å². The number of fused-ring (bicyclic) bond motifs is 3. The number of nitrogens with one attached hydrogen (secondary N) is 2. The van der Waals surface area contributed by atoms with Crippen LogP contribution in [0.15, 0.2) is 30.5 Å². The highest BCUT2D eigenvalue weighted by Gasteiger charge is 2.50. The molecular formula is C34H46F3N5O8S. The summed E-state index contributed by atoms with van der Waals surface area (Å²) in [6.07, 6.45) is 2.57. The van der Waals surface area contributed by atoms with E-state index in [1.165, 1.54) is 6.20 Å². The highest BCUT2D eigenvalue weighted by molar-refractivity contribution is 8.00. The minimum atomic E-state index is -1.58. The molecule has 6 N–H and O–H groups in total. The summed E-state index contributed by atoms with van der Waals surface area (Å²) < 4.78 is 55.3. The zero-order valence-corrected chi connectivity index (χ0v) is 29.3. The van der Waals surface area contributed by atoms with E-state index in [0.29, 0.717) is 49.2 Å². The highest BCUT2D eigenvalue weighted by Crippen LogP contribution is 2.42. The number of hydrogen-bond donors (Lipinski definition) is 6. The van der Waals surface area contributed by atoms with Crippen molar-refractivity contribution >= 4 is 24.1 Å². The van der Waals surface area contributed by atoms with Crippen LogP contribution in [0.1, 0.15) is 57.4 Å². The van der Waals surface area contributed by atoms with E-state index in [2.05, 4.69) is 34.8 Å². The summed E-state index contributed by atoms with van der Waals surface area (Å²) in [7, 11) is 0. The average molecular weight is 742 g/mol. The molecule has 0 spiro atoms. The van der Waals surface area contributed by atoms with Crippen LogP contribution in [-0.4, -0.2) is 109 Å². The van der Waals surface area contributed by atoms with Gasteiger partial charge in [-0.1, -0.05) is 38.1 Å². The molecular weight excluding hydrogens is 695 g/mol. The van der Waals surface area contributed by atoms with Gasteiger partial charge in [-0.2, -0.15) is 0 Å². The van der Waals surface area contributed by atoms with E-state index in [9.17, 15) is 33.3 Å². The van der Waals surface area contributed by atoms with Crippen molar-refractivity contribution in [1.29, 1.82) is 0 Å². The molecule has 4 aliphatic heterocycles. The van der Waals surface area contributed by atoms with Crippen LogP contribution in [0.5, 0.6) is 0 Å². The SMILES string of the molecule is CC(C)C[C@@H]1CCO[C@@H]2[C@H](CN[C@@H]2C(=O)N[C@H]2[C@H]3O[C@H](S[C@H](c4cn(-c5cc(F)c(F)cc5F)nn4)C/C=C\[C@H]2C)[C@H](O)[C@@H](O)[C@H]3O)C1.O=CO. The molecule has 282 valence electrons. The fraction of sp³-hybridized carbons (Fsp3) is 0.647. The zero-order chi connectivity index (χ0) is 37.0. The largest absolute Gasteiger partial charge is 0.483 e. The number of benzene rings is 1. The first kappa shape index (κ1) is 39.2. The lowest BCUT2D eigenvalue weighted by Gasteiger charge is -2.45. The van der Waals surface area contributed by atoms with E-state index in [4.69, 9.17) is 19.4 Å². The third-order valence-corrected chi connectivity index (χ3v) is 11.4. The second-order valence-electron chi connectivity index (χ2n) is 14.0. The normalized spacial score (nSPS) is 35.9. The number of carbonyl (C=O) groups is 2. The molecule has 51 heavy (non-hydrogen) atoms. The number of aromatic nitrogens is 3.